The van der Waals surface area contributed by atoms with Gasteiger partial charge < -0.3 is 0 Å². The van der Waals surface area contributed by atoms with E-state index in [1.807, 2.05) is 19.3 Å². The topological polar surface area (TPSA) is 0 Å². The van der Waals surface area contributed by atoms with Crippen LogP contribution in [-0.2, 0) is 0 Å². The molecular weight excluding hydrogens is 188 g/mol. The Bertz CT molecular complexity index is 168. The average Bonchev–Trinajstić information content (AvgIpc) is 2.21. The number of thioether (sulfide) groups is 1. The SMILES string of the molecule is C=CSC(/C=C\C)C(C)/C=C\C.CC. The molecule has 0 aliphatic carbocycles. The molecule has 0 N–H and O–H groups in total. The zero-order valence-corrected chi connectivity index (χ0v) is 11.0. The highest BCUT2D eigenvalue weighted by atomic mass is 32.2. The van der Waals surface area contributed by atoms with Gasteiger partial charge in [-0.3, -0.25) is 0 Å². The number of rotatable bonds is 5. The van der Waals surface area contributed by atoms with Crippen molar-refractivity contribution >= 4 is 11.8 Å². The summed E-state index contributed by atoms with van der Waals surface area (Å²) < 4.78 is 0. The summed E-state index contributed by atoms with van der Waals surface area (Å²) in [6.07, 6.45) is 8.64. The molecule has 0 nitrogen and oxygen atoms in total. The van der Waals surface area contributed by atoms with E-state index < -0.39 is 0 Å². The smallest absolute Gasteiger partial charge is 0.0328 e. The van der Waals surface area contributed by atoms with Crippen molar-refractivity contribution in [3.8, 4) is 0 Å². The van der Waals surface area contributed by atoms with Crippen LogP contribution in [0.25, 0.3) is 0 Å². The molecule has 0 aromatic heterocycles. The lowest BCUT2D eigenvalue weighted by Crippen LogP contribution is -2.07. The van der Waals surface area contributed by atoms with Crippen molar-refractivity contribution in [1.29, 1.82) is 0 Å². The Hall–Kier alpha value is -0.430. The van der Waals surface area contributed by atoms with E-state index in [1.165, 1.54) is 0 Å². The molecule has 0 amide bonds. The molecule has 82 valence electrons. The summed E-state index contributed by atoms with van der Waals surface area (Å²) in [6, 6.07) is 0. The molecule has 0 aliphatic rings. The molecule has 0 spiro atoms. The van der Waals surface area contributed by atoms with Crippen LogP contribution in [0.5, 0.6) is 0 Å². The predicted molar refractivity (Wildman–Crippen MR) is 71.7 cm³/mol. The number of hydrogen-bond donors (Lipinski definition) is 0. The number of hydrogen-bond acceptors (Lipinski definition) is 1. The van der Waals surface area contributed by atoms with Crippen LogP contribution >= 0.6 is 11.8 Å². The molecule has 0 aliphatic heterocycles. The van der Waals surface area contributed by atoms with Gasteiger partial charge in [0.1, 0.15) is 0 Å². The second kappa shape index (κ2) is 12.6. The van der Waals surface area contributed by atoms with E-state index in [2.05, 4.69) is 51.7 Å². The average molecular weight is 212 g/mol. The van der Waals surface area contributed by atoms with Crippen molar-refractivity contribution in [3.05, 3.63) is 36.3 Å². The quantitative estimate of drug-likeness (QED) is 0.575. The van der Waals surface area contributed by atoms with Crippen molar-refractivity contribution in [3.63, 3.8) is 0 Å². The van der Waals surface area contributed by atoms with E-state index in [0.29, 0.717) is 11.2 Å². The maximum Gasteiger partial charge on any atom is 0.0328 e. The van der Waals surface area contributed by atoms with Gasteiger partial charge >= 0.3 is 0 Å². The van der Waals surface area contributed by atoms with Crippen LogP contribution in [-0.4, -0.2) is 5.25 Å². The van der Waals surface area contributed by atoms with Crippen LogP contribution in [0.4, 0.5) is 0 Å². The molecular formula is C13H24S. The fraction of sp³-hybridized carbons (Fsp3) is 0.538. The third-order valence-corrected chi connectivity index (χ3v) is 2.74. The Labute approximate surface area is 94.2 Å². The zero-order chi connectivity index (χ0) is 11.4. The van der Waals surface area contributed by atoms with Crippen LogP contribution in [0.2, 0.25) is 0 Å². The Morgan fingerprint density at radius 1 is 1.07 bits per heavy atom. The summed E-state index contributed by atoms with van der Waals surface area (Å²) in [6.45, 7) is 14.1. The predicted octanol–water partition coefficient (Wildman–Crippen LogP) is 5.05. The highest BCUT2D eigenvalue weighted by Gasteiger charge is 2.09. The van der Waals surface area contributed by atoms with Gasteiger partial charge in [0.15, 0.2) is 0 Å². The van der Waals surface area contributed by atoms with Gasteiger partial charge in [0.25, 0.3) is 0 Å². The van der Waals surface area contributed by atoms with Crippen molar-refractivity contribution in [1.82, 2.24) is 0 Å². The highest BCUT2D eigenvalue weighted by Crippen LogP contribution is 2.22. The van der Waals surface area contributed by atoms with E-state index in [1.54, 1.807) is 11.8 Å². The Morgan fingerprint density at radius 3 is 1.93 bits per heavy atom. The van der Waals surface area contributed by atoms with Crippen molar-refractivity contribution in [2.75, 3.05) is 0 Å². The van der Waals surface area contributed by atoms with E-state index in [0.717, 1.165) is 0 Å². The summed E-state index contributed by atoms with van der Waals surface area (Å²) in [4.78, 5) is 0. The lowest BCUT2D eigenvalue weighted by Gasteiger charge is -2.14. The van der Waals surface area contributed by atoms with Gasteiger partial charge in [-0.15, -0.1) is 11.8 Å². The summed E-state index contributed by atoms with van der Waals surface area (Å²) in [7, 11) is 0. The molecule has 0 aromatic carbocycles. The van der Waals surface area contributed by atoms with E-state index >= 15 is 0 Å². The molecule has 2 atom stereocenters. The summed E-state index contributed by atoms with van der Waals surface area (Å²) in [5.74, 6) is 0.578. The first-order valence-electron chi connectivity index (χ1n) is 5.28. The minimum absolute atomic E-state index is 0.531. The summed E-state index contributed by atoms with van der Waals surface area (Å²) >= 11 is 1.77. The van der Waals surface area contributed by atoms with E-state index in [9.17, 15) is 0 Å². The molecule has 0 saturated heterocycles. The summed E-state index contributed by atoms with van der Waals surface area (Å²) in [5, 5.41) is 2.44. The minimum Gasteiger partial charge on any atom is -0.127 e. The van der Waals surface area contributed by atoms with Gasteiger partial charge in [-0.25, -0.2) is 0 Å². The van der Waals surface area contributed by atoms with Gasteiger partial charge in [-0.05, 0) is 25.2 Å². The second-order valence-electron chi connectivity index (χ2n) is 2.68. The summed E-state index contributed by atoms with van der Waals surface area (Å²) in [5.41, 5.74) is 0. The molecule has 0 heterocycles. The first-order valence-corrected chi connectivity index (χ1v) is 6.22. The molecule has 0 rings (SSSR count). The third-order valence-electron chi connectivity index (χ3n) is 1.65. The second-order valence-corrected chi connectivity index (χ2v) is 3.83. The van der Waals surface area contributed by atoms with E-state index in [-0.39, 0.29) is 0 Å². The first-order chi connectivity index (χ1) is 6.76. The van der Waals surface area contributed by atoms with Crippen molar-refractivity contribution in [2.24, 2.45) is 5.92 Å². The normalized spacial score (nSPS) is 14.9. The van der Waals surface area contributed by atoms with Crippen molar-refractivity contribution < 1.29 is 0 Å². The molecule has 0 fully saturated rings. The molecule has 14 heavy (non-hydrogen) atoms. The fourth-order valence-corrected chi connectivity index (χ4v) is 1.87. The lowest BCUT2D eigenvalue weighted by atomic mass is 10.1. The standard InChI is InChI=1S/C11H18S.C2H6/c1-5-8-10(4)11(9-6-2)12-7-3;1-2/h5-11H,3H2,1-2,4H3;1-2H3/b8-5-,9-6-;. The highest BCUT2D eigenvalue weighted by molar-refractivity contribution is 8.02. The largest absolute Gasteiger partial charge is 0.127 e. The molecule has 0 bridgehead atoms. The van der Waals surface area contributed by atoms with Crippen LogP contribution in [0.3, 0.4) is 0 Å². The lowest BCUT2D eigenvalue weighted by molar-refractivity contribution is 0.760. The maximum atomic E-state index is 3.73. The van der Waals surface area contributed by atoms with E-state index in [4.69, 9.17) is 0 Å². The first kappa shape index (κ1) is 16.0. The molecule has 0 radical (unpaired) electrons. The zero-order valence-electron chi connectivity index (χ0n) is 10.2. The molecule has 1 heteroatoms. The fourth-order valence-electron chi connectivity index (χ4n) is 1.06. The van der Waals surface area contributed by atoms with Crippen LogP contribution < -0.4 is 0 Å². The van der Waals surface area contributed by atoms with Gasteiger partial charge in [-0.2, -0.15) is 0 Å². The van der Waals surface area contributed by atoms with Gasteiger partial charge in [0.2, 0.25) is 0 Å². The Kier molecular flexibility index (Phi) is 14.4. The molecule has 0 saturated carbocycles. The molecule has 0 aromatic rings. The van der Waals surface area contributed by atoms with Crippen LogP contribution in [0.1, 0.15) is 34.6 Å². The Balaban J connectivity index is 0. The third kappa shape index (κ3) is 8.18. The van der Waals surface area contributed by atoms with Crippen LogP contribution in [0.15, 0.2) is 36.3 Å². The van der Waals surface area contributed by atoms with Gasteiger partial charge in [0.05, 0.1) is 0 Å². The Morgan fingerprint density at radius 2 is 1.57 bits per heavy atom. The van der Waals surface area contributed by atoms with Crippen LogP contribution in [0, 0.1) is 5.92 Å². The number of allylic oxidation sites excluding steroid dienone is 3. The monoisotopic (exact) mass is 212 g/mol. The van der Waals surface area contributed by atoms with Gasteiger partial charge in [0, 0.05) is 5.25 Å². The molecule has 2 unspecified atom stereocenters. The van der Waals surface area contributed by atoms with Crippen molar-refractivity contribution in [2.45, 2.75) is 39.9 Å². The minimum atomic E-state index is 0.531. The maximum absolute atomic E-state index is 3.73. The van der Waals surface area contributed by atoms with Gasteiger partial charge in [-0.1, -0.05) is 51.7 Å².